The second-order valence-corrected chi connectivity index (χ2v) is 3.79. The lowest BCUT2D eigenvalue weighted by Gasteiger charge is -2.19. The lowest BCUT2D eigenvalue weighted by atomic mass is 10.1. The molecule has 1 aliphatic rings. The third-order valence-corrected chi connectivity index (χ3v) is 2.59. The molecule has 3 nitrogen and oxygen atoms in total. The van der Waals surface area contributed by atoms with Crippen molar-refractivity contribution < 1.29 is 18.0 Å². The SMILES string of the molecule is O=C1CCNN1Cc1ccccc1C(F)(F)F. The number of hydrogen-bond acceptors (Lipinski definition) is 2. The molecule has 0 aliphatic carbocycles. The normalized spacial score (nSPS) is 16.6. The van der Waals surface area contributed by atoms with Crippen LogP contribution in [0, 0.1) is 0 Å². The van der Waals surface area contributed by atoms with E-state index in [1.54, 1.807) is 0 Å². The first-order chi connectivity index (χ1) is 7.98. The molecular formula is C11H11F3N2O. The molecule has 0 spiro atoms. The second-order valence-electron chi connectivity index (χ2n) is 3.79. The van der Waals surface area contributed by atoms with E-state index >= 15 is 0 Å². The Morgan fingerprint density at radius 3 is 2.59 bits per heavy atom. The van der Waals surface area contributed by atoms with Crippen LogP contribution in [0.15, 0.2) is 24.3 Å². The summed E-state index contributed by atoms with van der Waals surface area (Å²) in [7, 11) is 0. The molecule has 0 bridgehead atoms. The van der Waals surface area contributed by atoms with Gasteiger partial charge in [-0.3, -0.25) is 9.80 Å². The molecule has 0 radical (unpaired) electrons. The number of hydrazine groups is 1. The fraction of sp³-hybridized carbons (Fsp3) is 0.364. The number of rotatable bonds is 2. The van der Waals surface area contributed by atoms with Gasteiger partial charge in [0.1, 0.15) is 0 Å². The van der Waals surface area contributed by atoms with E-state index in [9.17, 15) is 18.0 Å². The summed E-state index contributed by atoms with van der Waals surface area (Å²) in [6.45, 7) is 0.418. The topological polar surface area (TPSA) is 32.3 Å². The Morgan fingerprint density at radius 2 is 2.00 bits per heavy atom. The summed E-state index contributed by atoms with van der Waals surface area (Å²) in [5.74, 6) is -0.179. The summed E-state index contributed by atoms with van der Waals surface area (Å²) >= 11 is 0. The molecule has 1 N–H and O–H groups in total. The zero-order valence-corrected chi connectivity index (χ0v) is 8.92. The average Bonchev–Trinajstić information content (AvgIpc) is 2.64. The minimum absolute atomic E-state index is 0.0610. The van der Waals surface area contributed by atoms with Crippen LogP contribution < -0.4 is 5.43 Å². The van der Waals surface area contributed by atoms with Crippen LogP contribution in [0.1, 0.15) is 17.5 Å². The van der Waals surface area contributed by atoms with Gasteiger partial charge in [-0.05, 0) is 11.6 Å². The zero-order valence-electron chi connectivity index (χ0n) is 8.92. The maximum Gasteiger partial charge on any atom is 0.416 e. The summed E-state index contributed by atoms with van der Waals surface area (Å²) in [5.41, 5.74) is 2.16. The van der Waals surface area contributed by atoms with Crippen LogP contribution in [0.2, 0.25) is 0 Å². The predicted molar refractivity (Wildman–Crippen MR) is 54.6 cm³/mol. The lowest BCUT2D eigenvalue weighted by Crippen LogP contribution is -2.34. The van der Waals surface area contributed by atoms with Gasteiger partial charge in [0.15, 0.2) is 0 Å². The molecule has 1 heterocycles. The van der Waals surface area contributed by atoms with E-state index in [1.165, 1.54) is 23.2 Å². The van der Waals surface area contributed by atoms with E-state index in [2.05, 4.69) is 5.43 Å². The maximum absolute atomic E-state index is 12.7. The first-order valence-corrected chi connectivity index (χ1v) is 5.17. The van der Waals surface area contributed by atoms with Gasteiger partial charge in [-0.25, -0.2) is 5.43 Å². The molecule has 1 amide bonds. The number of benzene rings is 1. The van der Waals surface area contributed by atoms with Crippen molar-refractivity contribution in [3.8, 4) is 0 Å². The zero-order chi connectivity index (χ0) is 12.5. The minimum Gasteiger partial charge on any atom is -0.273 e. The van der Waals surface area contributed by atoms with Crippen LogP contribution in [0.4, 0.5) is 13.2 Å². The van der Waals surface area contributed by atoms with Crippen molar-refractivity contribution in [2.24, 2.45) is 0 Å². The van der Waals surface area contributed by atoms with E-state index in [-0.39, 0.29) is 18.0 Å². The second kappa shape index (κ2) is 4.37. The van der Waals surface area contributed by atoms with Crippen LogP contribution >= 0.6 is 0 Å². The number of halogens is 3. The molecule has 6 heteroatoms. The Hall–Kier alpha value is -1.56. The molecule has 0 atom stereocenters. The third kappa shape index (κ3) is 2.58. The van der Waals surface area contributed by atoms with Crippen LogP contribution in [0.25, 0.3) is 0 Å². The molecule has 0 unspecified atom stereocenters. The van der Waals surface area contributed by atoms with E-state index in [1.807, 2.05) is 0 Å². The monoisotopic (exact) mass is 244 g/mol. The predicted octanol–water partition coefficient (Wildman–Crippen LogP) is 1.94. The fourth-order valence-electron chi connectivity index (χ4n) is 1.77. The number of carbonyl (C=O) groups excluding carboxylic acids is 1. The van der Waals surface area contributed by atoms with Crippen molar-refractivity contribution in [2.75, 3.05) is 6.54 Å². The molecule has 2 rings (SSSR count). The van der Waals surface area contributed by atoms with Crippen molar-refractivity contribution in [1.82, 2.24) is 10.4 Å². The van der Waals surface area contributed by atoms with Crippen LogP contribution in [0.5, 0.6) is 0 Å². The first-order valence-electron chi connectivity index (χ1n) is 5.17. The summed E-state index contributed by atoms with van der Waals surface area (Å²) in [6, 6.07) is 5.28. The molecule has 1 aliphatic heterocycles. The molecule has 1 saturated heterocycles. The number of alkyl halides is 3. The standard InChI is InChI=1S/C11H11F3N2O/c12-11(13,14)9-4-2-1-3-8(9)7-16-10(17)5-6-15-16/h1-4,15H,5-7H2. The molecule has 17 heavy (non-hydrogen) atoms. The molecule has 92 valence electrons. The van der Waals surface area contributed by atoms with Gasteiger partial charge in [0.2, 0.25) is 5.91 Å². The summed E-state index contributed by atoms with van der Waals surface area (Å²) < 4.78 is 38.1. The molecule has 1 fully saturated rings. The van der Waals surface area contributed by atoms with Gasteiger partial charge in [0.05, 0.1) is 12.1 Å². The summed E-state index contributed by atoms with van der Waals surface area (Å²) in [6.07, 6.45) is -4.06. The van der Waals surface area contributed by atoms with Crippen molar-refractivity contribution in [3.05, 3.63) is 35.4 Å². The number of carbonyl (C=O) groups is 1. The Labute approximate surface area is 96.2 Å². The van der Waals surface area contributed by atoms with Gasteiger partial charge in [-0.15, -0.1) is 0 Å². The quantitative estimate of drug-likeness (QED) is 0.862. The Morgan fingerprint density at radius 1 is 1.29 bits per heavy atom. The maximum atomic E-state index is 12.7. The molecule has 1 aromatic carbocycles. The average molecular weight is 244 g/mol. The van der Waals surface area contributed by atoms with Crippen LogP contribution in [0.3, 0.4) is 0 Å². The van der Waals surface area contributed by atoms with Gasteiger partial charge < -0.3 is 0 Å². The smallest absolute Gasteiger partial charge is 0.273 e. The van der Waals surface area contributed by atoms with E-state index < -0.39 is 11.7 Å². The van der Waals surface area contributed by atoms with Crippen molar-refractivity contribution in [2.45, 2.75) is 19.1 Å². The lowest BCUT2D eigenvalue weighted by molar-refractivity contribution is -0.139. The molecule has 1 aromatic rings. The number of nitrogens with zero attached hydrogens (tertiary/aromatic N) is 1. The van der Waals surface area contributed by atoms with Crippen LogP contribution in [-0.4, -0.2) is 17.5 Å². The highest BCUT2D eigenvalue weighted by Gasteiger charge is 2.34. The molecular weight excluding hydrogens is 233 g/mol. The highest BCUT2D eigenvalue weighted by Crippen LogP contribution is 2.32. The first kappa shape index (κ1) is 11.9. The van der Waals surface area contributed by atoms with Gasteiger partial charge in [0.25, 0.3) is 0 Å². The fourth-order valence-corrected chi connectivity index (χ4v) is 1.77. The summed E-state index contributed by atoms with van der Waals surface area (Å²) in [5, 5.41) is 1.23. The summed E-state index contributed by atoms with van der Waals surface area (Å²) in [4.78, 5) is 11.3. The Balaban J connectivity index is 2.23. The number of hydrogen-bond donors (Lipinski definition) is 1. The Kier molecular flexibility index (Phi) is 3.06. The van der Waals surface area contributed by atoms with Gasteiger partial charge >= 0.3 is 6.18 Å². The van der Waals surface area contributed by atoms with E-state index in [0.29, 0.717) is 13.0 Å². The van der Waals surface area contributed by atoms with Crippen molar-refractivity contribution >= 4 is 5.91 Å². The third-order valence-electron chi connectivity index (χ3n) is 2.59. The number of amides is 1. The van der Waals surface area contributed by atoms with E-state index in [0.717, 1.165) is 6.07 Å². The van der Waals surface area contributed by atoms with E-state index in [4.69, 9.17) is 0 Å². The Bertz CT molecular complexity index is 431. The van der Waals surface area contributed by atoms with Crippen molar-refractivity contribution in [1.29, 1.82) is 0 Å². The largest absolute Gasteiger partial charge is 0.416 e. The number of nitrogens with one attached hydrogen (secondary N) is 1. The van der Waals surface area contributed by atoms with Gasteiger partial charge in [0, 0.05) is 13.0 Å². The highest BCUT2D eigenvalue weighted by molar-refractivity contribution is 5.77. The highest BCUT2D eigenvalue weighted by atomic mass is 19.4. The van der Waals surface area contributed by atoms with Crippen LogP contribution in [-0.2, 0) is 17.5 Å². The minimum atomic E-state index is -4.39. The van der Waals surface area contributed by atoms with Crippen molar-refractivity contribution in [3.63, 3.8) is 0 Å². The molecule has 0 aromatic heterocycles. The molecule has 0 saturated carbocycles. The van der Waals surface area contributed by atoms with Gasteiger partial charge in [-0.1, -0.05) is 18.2 Å². The van der Waals surface area contributed by atoms with Gasteiger partial charge in [-0.2, -0.15) is 13.2 Å².